The molecule has 11 heteroatoms. The molecule has 0 aliphatic heterocycles. The Labute approximate surface area is 136 Å². The highest BCUT2D eigenvalue weighted by Crippen LogP contribution is 2.50. The monoisotopic (exact) mass is 378 g/mol. The smallest absolute Gasteiger partial charge is 0.382 e. The number of aromatic nitrogens is 2. The zero-order valence-corrected chi connectivity index (χ0v) is 12.6. The van der Waals surface area contributed by atoms with Crippen LogP contribution in [0.5, 0.6) is 0 Å². The molecule has 1 aromatic rings. The summed E-state index contributed by atoms with van der Waals surface area (Å²) in [5, 5.41) is 12.9. The van der Waals surface area contributed by atoms with Crippen LogP contribution in [0.2, 0.25) is 0 Å². The highest BCUT2D eigenvalue weighted by Gasteiger charge is 2.55. The number of hydrogen-bond donors (Lipinski definition) is 1. The molecule has 2 aliphatic rings. The molecule has 3 atom stereocenters. The fourth-order valence-corrected chi connectivity index (χ4v) is 3.67. The number of aliphatic hydroxyl groups is 1. The summed E-state index contributed by atoms with van der Waals surface area (Å²) in [5.74, 6) is -5.53. The Kier molecular flexibility index (Phi) is 4.09. The van der Waals surface area contributed by atoms with Crippen LogP contribution >= 0.6 is 0 Å². The lowest BCUT2D eigenvalue weighted by Crippen LogP contribution is -2.31. The maximum atomic E-state index is 13.7. The third kappa shape index (κ3) is 3.11. The van der Waals surface area contributed by atoms with Gasteiger partial charge in [0.25, 0.3) is 5.92 Å². The molecule has 1 saturated carbocycles. The molecule has 1 N–H and O–H groups in total. The summed E-state index contributed by atoms with van der Waals surface area (Å²) in [4.78, 5) is 0. The minimum Gasteiger partial charge on any atom is -0.382 e. The molecule has 1 fully saturated rings. The Morgan fingerprint density at radius 1 is 1.08 bits per heavy atom. The van der Waals surface area contributed by atoms with Crippen LogP contribution in [0.3, 0.4) is 0 Å². The van der Waals surface area contributed by atoms with E-state index in [0.717, 1.165) is 0 Å². The van der Waals surface area contributed by atoms with Gasteiger partial charge in [-0.3, -0.25) is 4.68 Å². The van der Waals surface area contributed by atoms with Crippen molar-refractivity contribution in [1.29, 1.82) is 0 Å². The first-order valence-electron chi connectivity index (χ1n) is 7.63. The lowest BCUT2D eigenvalue weighted by molar-refractivity contribution is -0.185. The summed E-state index contributed by atoms with van der Waals surface area (Å²) in [6.45, 7) is 0. The quantitative estimate of drug-likeness (QED) is 0.735. The van der Waals surface area contributed by atoms with E-state index < -0.39 is 66.1 Å². The number of alkyl halides is 8. The van der Waals surface area contributed by atoms with E-state index >= 15 is 0 Å². The topological polar surface area (TPSA) is 38.1 Å². The fraction of sp³-hybridized carbons (Fsp3) is 0.786. The molecule has 0 radical (unpaired) electrons. The van der Waals surface area contributed by atoms with Crippen LogP contribution in [-0.2, 0) is 12.6 Å². The first-order valence-corrected chi connectivity index (χ1v) is 7.63. The molecule has 0 spiro atoms. The zero-order chi connectivity index (χ0) is 18.8. The molecule has 2 aliphatic carbocycles. The van der Waals surface area contributed by atoms with Crippen LogP contribution in [0.15, 0.2) is 0 Å². The Morgan fingerprint density at radius 3 is 2.28 bits per heavy atom. The van der Waals surface area contributed by atoms with Crippen molar-refractivity contribution in [3.63, 3.8) is 0 Å². The van der Waals surface area contributed by atoms with E-state index in [9.17, 15) is 40.2 Å². The molecule has 0 saturated heterocycles. The van der Waals surface area contributed by atoms with Gasteiger partial charge in [0.05, 0.1) is 24.1 Å². The number of nitrogens with zero attached hydrogens (tertiary/aromatic N) is 2. The maximum absolute atomic E-state index is 13.7. The standard InChI is InChI=1S/C14H14F8N2O/c15-12(16)5-8-9(11(12)25)10(14(20,21)22)23-24(8)7-3-1-2-6(4-7)13(17,18)19/h6-7,11,25H,1-5H2/t6?,7-,11-/m0/s1. The van der Waals surface area contributed by atoms with Gasteiger partial charge in [0.1, 0.15) is 6.10 Å². The second-order valence-corrected chi connectivity index (χ2v) is 6.55. The van der Waals surface area contributed by atoms with Gasteiger partial charge in [0.15, 0.2) is 5.69 Å². The van der Waals surface area contributed by atoms with E-state index in [2.05, 4.69) is 5.10 Å². The SMILES string of the molecule is O[C@H]1c2c(C(F)(F)F)nn([C@H]3CCCC(C(F)(F)F)C3)c2CC1(F)F. The van der Waals surface area contributed by atoms with Gasteiger partial charge in [-0.05, 0) is 19.3 Å². The number of rotatable bonds is 1. The van der Waals surface area contributed by atoms with Gasteiger partial charge >= 0.3 is 12.4 Å². The zero-order valence-electron chi connectivity index (χ0n) is 12.6. The average molecular weight is 378 g/mol. The van der Waals surface area contributed by atoms with E-state index in [-0.39, 0.29) is 19.3 Å². The largest absolute Gasteiger partial charge is 0.435 e. The first kappa shape index (κ1) is 18.4. The van der Waals surface area contributed by atoms with Crippen molar-refractivity contribution in [2.45, 2.75) is 62.5 Å². The van der Waals surface area contributed by atoms with E-state index in [4.69, 9.17) is 0 Å². The van der Waals surface area contributed by atoms with Gasteiger partial charge in [-0.15, -0.1) is 0 Å². The van der Waals surface area contributed by atoms with E-state index in [1.165, 1.54) is 0 Å². The van der Waals surface area contributed by atoms with Gasteiger partial charge in [0, 0.05) is 5.56 Å². The fourth-order valence-electron chi connectivity index (χ4n) is 3.67. The summed E-state index contributed by atoms with van der Waals surface area (Å²) in [5.41, 5.74) is -3.20. The molecule has 0 aromatic carbocycles. The molecule has 25 heavy (non-hydrogen) atoms. The molecule has 0 bridgehead atoms. The van der Waals surface area contributed by atoms with Crippen molar-refractivity contribution in [2.75, 3.05) is 0 Å². The third-order valence-corrected chi connectivity index (χ3v) is 4.85. The molecule has 142 valence electrons. The van der Waals surface area contributed by atoms with E-state index in [1.807, 2.05) is 0 Å². The predicted octanol–water partition coefficient (Wildman–Crippen LogP) is 4.42. The number of aliphatic hydroxyl groups excluding tert-OH is 1. The van der Waals surface area contributed by atoms with Crippen molar-refractivity contribution >= 4 is 0 Å². The van der Waals surface area contributed by atoms with Crippen LogP contribution in [0.25, 0.3) is 0 Å². The van der Waals surface area contributed by atoms with E-state index in [1.54, 1.807) is 0 Å². The normalized spacial score (nSPS) is 29.7. The Bertz CT molecular complexity index is 663. The van der Waals surface area contributed by atoms with Crippen LogP contribution in [0.1, 0.15) is 54.8 Å². The Balaban J connectivity index is 2.03. The molecule has 3 rings (SSSR count). The van der Waals surface area contributed by atoms with Gasteiger partial charge in [-0.25, -0.2) is 8.78 Å². The number of hydrogen-bond acceptors (Lipinski definition) is 2. The summed E-state index contributed by atoms with van der Waals surface area (Å²) in [6, 6.07) is -1.06. The summed E-state index contributed by atoms with van der Waals surface area (Å²) in [6.07, 6.45) is -13.9. The van der Waals surface area contributed by atoms with Crippen LogP contribution in [-0.4, -0.2) is 27.0 Å². The third-order valence-electron chi connectivity index (χ3n) is 4.85. The lowest BCUT2D eigenvalue weighted by Gasteiger charge is -2.31. The van der Waals surface area contributed by atoms with Gasteiger partial charge in [-0.1, -0.05) is 6.42 Å². The molecule has 0 amide bonds. The Hall–Kier alpha value is -1.39. The maximum Gasteiger partial charge on any atom is 0.435 e. The lowest BCUT2D eigenvalue weighted by atomic mass is 9.85. The molecular formula is C14H14F8N2O. The van der Waals surface area contributed by atoms with Crippen molar-refractivity contribution < 1.29 is 40.2 Å². The van der Waals surface area contributed by atoms with Gasteiger partial charge in [-0.2, -0.15) is 31.4 Å². The van der Waals surface area contributed by atoms with Crippen LogP contribution < -0.4 is 0 Å². The van der Waals surface area contributed by atoms with Crippen molar-refractivity contribution in [2.24, 2.45) is 5.92 Å². The van der Waals surface area contributed by atoms with Crippen LogP contribution in [0.4, 0.5) is 35.1 Å². The number of fused-ring (bicyclic) bond motifs is 1. The number of halogens is 8. The van der Waals surface area contributed by atoms with Gasteiger partial charge < -0.3 is 5.11 Å². The molecular weight excluding hydrogens is 364 g/mol. The van der Waals surface area contributed by atoms with Crippen molar-refractivity contribution in [3.05, 3.63) is 17.0 Å². The van der Waals surface area contributed by atoms with Crippen LogP contribution in [0, 0.1) is 5.92 Å². The average Bonchev–Trinajstić information content (AvgIpc) is 2.93. The predicted molar refractivity (Wildman–Crippen MR) is 67.9 cm³/mol. The minimum atomic E-state index is -5.09. The Morgan fingerprint density at radius 2 is 1.72 bits per heavy atom. The second kappa shape index (κ2) is 5.55. The second-order valence-electron chi connectivity index (χ2n) is 6.55. The molecule has 1 aromatic heterocycles. The summed E-state index contributed by atoms with van der Waals surface area (Å²) >= 11 is 0. The molecule has 1 unspecified atom stereocenters. The highest BCUT2D eigenvalue weighted by atomic mass is 19.4. The van der Waals surface area contributed by atoms with Crippen molar-refractivity contribution in [3.8, 4) is 0 Å². The highest BCUT2D eigenvalue weighted by molar-refractivity contribution is 5.38. The van der Waals surface area contributed by atoms with Gasteiger partial charge in [0.2, 0.25) is 0 Å². The molecule has 3 nitrogen and oxygen atoms in total. The van der Waals surface area contributed by atoms with Crippen molar-refractivity contribution in [1.82, 2.24) is 9.78 Å². The minimum absolute atomic E-state index is 0.101. The summed E-state index contributed by atoms with van der Waals surface area (Å²) in [7, 11) is 0. The summed E-state index contributed by atoms with van der Waals surface area (Å²) < 4.78 is 106. The first-order chi connectivity index (χ1) is 11.3. The molecule has 1 heterocycles. The van der Waals surface area contributed by atoms with E-state index in [0.29, 0.717) is 4.68 Å².